The Morgan fingerprint density at radius 1 is 1.03 bits per heavy atom. The van der Waals surface area contributed by atoms with Crippen molar-refractivity contribution in [3.63, 3.8) is 0 Å². The Morgan fingerprint density at radius 2 is 1.66 bits per heavy atom. The van der Waals surface area contributed by atoms with E-state index in [1.807, 2.05) is 39.0 Å². The number of carbonyl (C=O) groups excluding carboxylic acids is 1. The standard InChI is InChI=1S/C20H29NO.C5H10O2/c1-15(8-6-9-16(2)14-19(21)22)11-12-18-17(3)10-7-13-20(18,4)5;1-5(2)6-3-4-7-5/h6,8-9,11-12,14H,7,10,13H2,1-5H3,(H2,21,22);3-4H2,1-2H3. The molecule has 2 aliphatic rings. The quantitative estimate of drug-likeness (QED) is 0.470. The molecule has 0 aromatic heterocycles. The van der Waals surface area contributed by atoms with E-state index in [-0.39, 0.29) is 11.2 Å². The van der Waals surface area contributed by atoms with Crippen LogP contribution in [0.15, 0.2) is 58.7 Å². The summed E-state index contributed by atoms with van der Waals surface area (Å²) in [6, 6.07) is 0. The summed E-state index contributed by atoms with van der Waals surface area (Å²) in [6.07, 6.45) is 15.5. The van der Waals surface area contributed by atoms with E-state index < -0.39 is 5.91 Å². The van der Waals surface area contributed by atoms with Crippen molar-refractivity contribution in [3.05, 3.63) is 58.7 Å². The topological polar surface area (TPSA) is 61.6 Å². The second-order valence-electron chi connectivity index (χ2n) is 8.92. The summed E-state index contributed by atoms with van der Waals surface area (Å²) in [5.41, 5.74) is 10.4. The van der Waals surface area contributed by atoms with Crippen LogP contribution in [0.4, 0.5) is 0 Å². The van der Waals surface area contributed by atoms with Crippen LogP contribution in [-0.4, -0.2) is 24.9 Å². The Labute approximate surface area is 177 Å². The van der Waals surface area contributed by atoms with E-state index in [9.17, 15) is 4.79 Å². The van der Waals surface area contributed by atoms with Crippen molar-refractivity contribution in [1.29, 1.82) is 0 Å². The molecular formula is C25H39NO3. The van der Waals surface area contributed by atoms with Crippen molar-refractivity contribution in [1.82, 2.24) is 0 Å². The van der Waals surface area contributed by atoms with Crippen LogP contribution in [0.1, 0.15) is 67.7 Å². The maximum Gasteiger partial charge on any atom is 0.241 e. The Kier molecular flexibility index (Phi) is 9.81. The first-order valence-electron chi connectivity index (χ1n) is 10.4. The molecule has 1 amide bonds. The van der Waals surface area contributed by atoms with Gasteiger partial charge in [-0.1, -0.05) is 55.4 Å². The zero-order chi connectivity index (χ0) is 22.1. The third kappa shape index (κ3) is 9.91. The number of amides is 1. The number of hydrogen-bond acceptors (Lipinski definition) is 3. The minimum Gasteiger partial charge on any atom is -0.366 e. The first-order valence-corrected chi connectivity index (χ1v) is 10.4. The molecule has 4 heteroatoms. The lowest BCUT2D eigenvalue weighted by Crippen LogP contribution is -2.19. The van der Waals surface area contributed by atoms with E-state index >= 15 is 0 Å². The van der Waals surface area contributed by atoms with Crippen LogP contribution >= 0.6 is 0 Å². The fourth-order valence-corrected chi connectivity index (χ4v) is 3.52. The molecule has 29 heavy (non-hydrogen) atoms. The van der Waals surface area contributed by atoms with Crippen molar-refractivity contribution in [2.75, 3.05) is 13.2 Å². The van der Waals surface area contributed by atoms with Gasteiger partial charge in [-0.25, -0.2) is 0 Å². The van der Waals surface area contributed by atoms with Crippen molar-refractivity contribution in [3.8, 4) is 0 Å². The second kappa shape index (κ2) is 11.3. The molecule has 0 aromatic rings. The van der Waals surface area contributed by atoms with Crippen molar-refractivity contribution < 1.29 is 14.3 Å². The molecule has 4 nitrogen and oxygen atoms in total. The van der Waals surface area contributed by atoms with Gasteiger partial charge in [0.05, 0.1) is 13.2 Å². The molecule has 1 fully saturated rings. The first-order chi connectivity index (χ1) is 13.4. The molecule has 0 bridgehead atoms. The Balaban J connectivity index is 0.000000502. The van der Waals surface area contributed by atoms with Crippen LogP contribution in [0.3, 0.4) is 0 Å². The molecule has 0 aromatic carbocycles. The van der Waals surface area contributed by atoms with E-state index in [1.165, 1.54) is 42.1 Å². The molecular weight excluding hydrogens is 362 g/mol. The molecule has 162 valence electrons. The summed E-state index contributed by atoms with van der Waals surface area (Å²) >= 11 is 0. The number of nitrogens with two attached hydrogens (primary N) is 1. The number of allylic oxidation sites excluding steroid dienone is 9. The maximum atomic E-state index is 10.8. The van der Waals surface area contributed by atoms with Crippen molar-refractivity contribution in [2.45, 2.75) is 73.5 Å². The fraction of sp³-hybridized carbons (Fsp3) is 0.560. The lowest BCUT2D eigenvalue weighted by molar-refractivity contribution is -0.125. The van der Waals surface area contributed by atoms with Gasteiger partial charge in [-0.3, -0.25) is 4.79 Å². The number of carbonyl (C=O) groups is 1. The highest BCUT2D eigenvalue weighted by Gasteiger charge is 2.26. The number of hydrogen-bond donors (Lipinski definition) is 1. The molecule has 0 spiro atoms. The smallest absolute Gasteiger partial charge is 0.241 e. The fourth-order valence-electron chi connectivity index (χ4n) is 3.52. The predicted octanol–water partition coefficient (Wildman–Crippen LogP) is 5.77. The van der Waals surface area contributed by atoms with E-state index in [1.54, 1.807) is 0 Å². The number of primary amides is 1. The highest BCUT2D eigenvalue weighted by atomic mass is 16.7. The molecule has 2 rings (SSSR count). The molecule has 2 N–H and O–H groups in total. The molecule has 0 unspecified atom stereocenters. The summed E-state index contributed by atoms with van der Waals surface area (Å²) in [7, 11) is 0. The number of rotatable bonds is 5. The minimum atomic E-state index is -0.412. The van der Waals surface area contributed by atoms with Gasteiger partial charge in [-0.2, -0.15) is 0 Å². The van der Waals surface area contributed by atoms with Crippen LogP contribution in [0.25, 0.3) is 0 Å². The lowest BCUT2D eigenvalue weighted by atomic mass is 9.72. The molecule has 0 saturated carbocycles. The largest absolute Gasteiger partial charge is 0.366 e. The van der Waals surface area contributed by atoms with Crippen molar-refractivity contribution >= 4 is 5.91 Å². The van der Waals surface area contributed by atoms with Gasteiger partial charge in [0.25, 0.3) is 0 Å². The summed E-state index contributed by atoms with van der Waals surface area (Å²) in [4.78, 5) is 10.8. The van der Waals surface area contributed by atoms with Crippen LogP contribution in [0.5, 0.6) is 0 Å². The van der Waals surface area contributed by atoms with Crippen LogP contribution < -0.4 is 5.73 Å². The van der Waals surface area contributed by atoms with Crippen LogP contribution in [-0.2, 0) is 14.3 Å². The zero-order valence-corrected chi connectivity index (χ0v) is 19.3. The molecule has 1 aliphatic carbocycles. The lowest BCUT2D eigenvalue weighted by Gasteiger charge is -2.32. The summed E-state index contributed by atoms with van der Waals surface area (Å²) in [6.45, 7) is 16.2. The normalized spacial score (nSPS) is 22.2. The molecule has 1 aliphatic heterocycles. The van der Waals surface area contributed by atoms with Gasteiger partial charge < -0.3 is 15.2 Å². The van der Waals surface area contributed by atoms with Crippen LogP contribution in [0, 0.1) is 5.41 Å². The van der Waals surface area contributed by atoms with Gasteiger partial charge in [-0.05, 0) is 70.4 Å². The first kappa shape index (κ1) is 25.1. The van der Waals surface area contributed by atoms with E-state index in [0.29, 0.717) is 0 Å². The molecule has 0 atom stereocenters. The van der Waals surface area contributed by atoms with Gasteiger partial charge in [0.1, 0.15) is 0 Å². The Morgan fingerprint density at radius 3 is 2.14 bits per heavy atom. The number of ether oxygens (including phenoxy) is 2. The molecule has 0 radical (unpaired) electrons. The molecule has 1 saturated heterocycles. The highest BCUT2D eigenvalue weighted by molar-refractivity contribution is 5.86. The Hall–Kier alpha value is -1.91. The van der Waals surface area contributed by atoms with Gasteiger partial charge in [0.15, 0.2) is 5.79 Å². The third-order valence-electron chi connectivity index (χ3n) is 5.13. The monoisotopic (exact) mass is 401 g/mol. The van der Waals surface area contributed by atoms with Gasteiger partial charge in [0, 0.05) is 6.08 Å². The minimum absolute atomic E-state index is 0.274. The average Bonchev–Trinajstić information content (AvgIpc) is 2.98. The molecule has 1 heterocycles. The van der Waals surface area contributed by atoms with Gasteiger partial charge in [0.2, 0.25) is 5.91 Å². The Bertz CT molecular complexity index is 710. The summed E-state index contributed by atoms with van der Waals surface area (Å²) in [5, 5.41) is 0. The summed E-state index contributed by atoms with van der Waals surface area (Å²) in [5.74, 6) is -0.718. The third-order valence-corrected chi connectivity index (χ3v) is 5.13. The van der Waals surface area contributed by atoms with Crippen molar-refractivity contribution in [2.24, 2.45) is 11.1 Å². The van der Waals surface area contributed by atoms with Gasteiger partial charge in [-0.15, -0.1) is 0 Å². The zero-order valence-electron chi connectivity index (χ0n) is 19.3. The van der Waals surface area contributed by atoms with Crippen LogP contribution in [0.2, 0.25) is 0 Å². The average molecular weight is 402 g/mol. The van der Waals surface area contributed by atoms with E-state index in [2.05, 4.69) is 39.8 Å². The van der Waals surface area contributed by atoms with E-state index in [4.69, 9.17) is 15.2 Å². The predicted molar refractivity (Wildman–Crippen MR) is 121 cm³/mol. The van der Waals surface area contributed by atoms with E-state index in [0.717, 1.165) is 18.8 Å². The summed E-state index contributed by atoms with van der Waals surface area (Å²) < 4.78 is 10.2. The highest BCUT2D eigenvalue weighted by Crippen LogP contribution is 2.40. The maximum absolute atomic E-state index is 10.8. The second-order valence-corrected chi connectivity index (χ2v) is 8.92. The van der Waals surface area contributed by atoms with Gasteiger partial charge >= 0.3 is 0 Å². The SMILES string of the molecule is CC(C=CC1=C(C)CCCC1(C)C)=CC=CC(C)=CC(N)=O.CC1(C)OCCO1.